The molecule has 0 saturated heterocycles. The second-order valence-electron chi connectivity index (χ2n) is 4.96. The Kier molecular flexibility index (Phi) is 4.87. The first-order valence-corrected chi connectivity index (χ1v) is 8.12. The van der Waals surface area contributed by atoms with Crippen molar-refractivity contribution in [2.45, 2.75) is 16.1 Å². The van der Waals surface area contributed by atoms with E-state index in [1.165, 1.54) is 0 Å². The van der Waals surface area contributed by atoms with Crippen LogP contribution in [0.15, 0.2) is 63.0 Å². The van der Waals surface area contributed by atoms with E-state index < -0.39 is 11.7 Å². The van der Waals surface area contributed by atoms with Crippen LogP contribution in [-0.2, 0) is 6.18 Å². The van der Waals surface area contributed by atoms with E-state index in [9.17, 15) is 18.0 Å². The normalized spacial score (nSPS) is 11.5. The van der Waals surface area contributed by atoms with Gasteiger partial charge in [0.05, 0.1) is 10.6 Å². The molecule has 0 spiro atoms. The molecule has 128 valence electrons. The highest BCUT2D eigenvalue weighted by atomic mass is 35.5. The van der Waals surface area contributed by atoms with Crippen molar-refractivity contribution in [2.24, 2.45) is 0 Å². The van der Waals surface area contributed by atoms with Gasteiger partial charge >= 0.3 is 6.18 Å². The summed E-state index contributed by atoms with van der Waals surface area (Å²) in [5, 5.41) is 0.217. The Morgan fingerprint density at radius 3 is 2.40 bits per heavy atom. The molecule has 0 atom stereocenters. The van der Waals surface area contributed by atoms with Crippen LogP contribution in [0.25, 0.3) is 11.3 Å². The van der Waals surface area contributed by atoms with Crippen LogP contribution in [-0.4, -0.2) is 11.3 Å². The quantitative estimate of drug-likeness (QED) is 0.520. The van der Waals surface area contributed by atoms with Crippen molar-refractivity contribution in [3.8, 4) is 11.3 Å². The van der Waals surface area contributed by atoms with Crippen LogP contribution in [0.2, 0.25) is 5.02 Å². The van der Waals surface area contributed by atoms with Gasteiger partial charge in [-0.05, 0) is 30.3 Å². The van der Waals surface area contributed by atoms with Crippen LogP contribution in [0.5, 0.6) is 0 Å². The molecule has 0 aliphatic heterocycles. The van der Waals surface area contributed by atoms with Gasteiger partial charge in [0.1, 0.15) is 10.8 Å². The van der Waals surface area contributed by atoms with Crippen molar-refractivity contribution in [2.75, 3.05) is 0 Å². The van der Waals surface area contributed by atoms with Crippen LogP contribution in [0.4, 0.5) is 13.2 Å². The summed E-state index contributed by atoms with van der Waals surface area (Å²) in [6.45, 7) is 0. The van der Waals surface area contributed by atoms with Gasteiger partial charge in [0.2, 0.25) is 0 Å². The highest BCUT2D eigenvalue weighted by Gasteiger charge is 2.31. The molecule has 0 amide bonds. The topological polar surface area (TPSA) is 43.1 Å². The Bertz CT molecular complexity index is 907. The molecule has 0 fully saturated rings. The number of nitrogens with zero attached hydrogens (tertiary/aromatic N) is 1. The summed E-state index contributed by atoms with van der Waals surface area (Å²) in [6.07, 6.45) is -3.11. The summed E-state index contributed by atoms with van der Waals surface area (Å²) >= 11 is 7.05. The maximum atomic E-state index is 12.6. The highest BCUT2D eigenvalue weighted by molar-refractivity contribution is 7.99. The Labute approximate surface area is 149 Å². The SMILES string of the molecule is O=Cc1ccc(-c2ccc(Sc3ncc(C(F)(F)F)cc3Cl)cc2)o1. The Balaban J connectivity index is 1.78. The van der Waals surface area contributed by atoms with Crippen LogP contribution >= 0.6 is 23.4 Å². The van der Waals surface area contributed by atoms with E-state index in [1.54, 1.807) is 36.4 Å². The number of aldehydes is 1. The zero-order chi connectivity index (χ0) is 18.0. The molecule has 0 N–H and O–H groups in total. The van der Waals surface area contributed by atoms with Crippen molar-refractivity contribution in [3.63, 3.8) is 0 Å². The van der Waals surface area contributed by atoms with E-state index in [-0.39, 0.29) is 15.8 Å². The number of halogens is 4. The summed E-state index contributed by atoms with van der Waals surface area (Å²) in [7, 11) is 0. The van der Waals surface area contributed by atoms with Gasteiger partial charge in [0, 0.05) is 16.7 Å². The lowest BCUT2D eigenvalue weighted by Crippen LogP contribution is -2.05. The number of carbonyl (C=O) groups excluding carboxylic acids is 1. The predicted molar refractivity (Wildman–Crippen MR) is 87.9 cm³/mol. The minimum atomic E-state index is -4.48. The van der Waals surface area contributed by atoms with Gasteiger partial charge in [-0.25, -0.2) is 4.98 Å². The first-order chi connectivity index (χ1) is 11.9. The molecule has 2 heterocycles. The summed E-state index contributed by atoms with van der Waals surface area (Å²) in [6, 6.07) is 11.2. The Morgan fingerprint density at radius 1 is 1.12 bits per heavy atom. The molecule has 0 saturated carbocycles. The molecular formula is C17H9ClF3NO2S. The van der Waals surface area contributed by atoms with Crippen molar-refractivity contribution < 1.29 is 22.4 Å². The van der Waals surface area contributed by atoms with Gasteiger partial charge in [-0.2, -0.15) is 13.2 Å². The van der Waals surface area contributed by atoms with E-state index in [2.05, 4.69) is 4.98 Å². The highest BCUT2D eigenvalue weighted by Crippen LogP contribution is 2.36. The fraction of sp³-hybridized carbons (Fsp3) is 0.0588. The molecule has 3 rings (SSSR count). The molecule has 0 aliphatic rings. The molecule has 0 bridgehead atoms. The van der Waals surface area contributed by atoms with Gasteiger partial charge in [0.25, 0.3) is 0 Å². The van der Waals surface area contributed by atoms with E-state index in [0.717, 1.165) is 34.5 Å². The Hall–Kier alpha value is -2.25. The van der Waals surface area contributed by atoms with Gasteiger partial charge in [-0.3, -0.25) is 4.79 Å². The van der Waals surface area contributed by atoms with E-state index in [1.807, 2.05) is 0 Å². The Morgan fingerprint density at radius 2 is 1.84 bits per heavy atom. The summed E-state index contributed by atoms with van der Waals surface area (Å²) < 4.78 is 43.2. The molecule has 0 unspecified atom stereocenters. The molecule has 3 aromatic rings. The van der Waals surface area contributed by atoms with E-state index >= 15 is 0 Å². The molecular weight excluding hydrogens is 375 g/mol. The minimum Gasteiger partial charge on any atom is -0.453 e. The first kappa shape index (κ1) is 17.6. The number of pyridine rings is 1. The number of benzene rings is 1. The van der Waals surface area contributed by atoms with Crippen LogP contribution in [0.3, 0.4) is 0 Å². The molecule has 8 heteroatoms. The molecule has 0 aliphatic carbocycles. The zero-order valence-corrected chi connectivity index (χ0v) is 14.0. The first-order valence-electron chi connectivity index (χ1n) is 6.93. The summed E-state index contributed by atoms with van der Waals surface area (Å²) in [5.41, 5.74) is -0.120. The summed E-state index contributed by atoms with van der Waals surface area (Å²) in [4.78, 5) is 15.2. The maximum Gasteiger partial charge on any atom is 0.417 e. The van der Waals surface area contributed by atoms with Crippen molar-refractivity contribution in [1.82, 2.24) is 4.98 Å². The number of aromatic nitrogens is 1. The van der Waals surface area contributed by atoms with Crippen molar-refractivity contribution in [1.29, 1.82) is 0 Å². The average Bonchev–Trinajstić information content (AvgIpc) is 3.05. The second-order valence-corrected chi connectivity index (χ2v) is 6.42. The molecule has 25 heavy (non-hydrogen) atoms. The third-order valence-corrected chi connectivity index (χ3v) is 4.66. The third kappa shape index (κ3) is 4.05. The number of furan rings is 1. The predicted octanol–water partition coefficient (Wildman–Crippen LogP) is 5.98. The third-order valence-electron chi connectivity index (χ3n) is 3.23. The zero-order valence-electron chi connectivity index (χ0n) is 12.4. The lowest BCUT2D eigenvalue weighted by Gasteiger charge is -2.09. The van der Waals surface area contributed by atoms with Gasteiger partial charge in [-0.15, -0.1) is 0 Å². The fourth-order valence-electron chi connectivity index (χ4n) is 2.03. The van der Waals surface area contributed by atoms with E-state index in [0.29, 0.717) is 12.0 Å². The smallest absolute Gasteiger partial charge is 0.417 e. The summed E-state index contributed by atoms with van der Waals surface area (Å²) in [5.74, 6) is 0.776. The molecule has 0 radical (unpaired) electrons. The number of hydrogen-bond acceptors (Lipinski definition) is 4. The second kappa shape index (κ2) is 6.93. The largest absolute Gasteiger partial charge is 0.453 e. The monoisotopic (exact) mass is 383 g/mol. The molecule has 2 aromatic heterocycles. The van der Waals surface area contributed by atoms with Gasteiger partial charge in [-0.1, -0.05) is 35.5 Å². The van der Waals surface area contributed by atoms with E-state index in [4.69, 9.17) is 16.0 Å². The van der Waals surface area contributed by atoms with Gasteiger partial charge in [0.15, 0.2) is 12.0 Å². The van der Waals surface area contributed by atoms with Crippen LogP contribution in [0.1, 0.15) is 16.1 Å². The lowest BCUT2D eigenvalue weighted by molar-refractivity contribution is -0.137. The molecule has 3 nitrogen and oxygen atoms in total. The number of carbonyl (C=O) groups is 1. The standard InChI is InChI=1S/C17H9ClF3NO2S/c18-14-7-11(17(19,20)21)8-22-16(14)25-13-4-1-10(2-5-13)15-6-3-12(9-23)24-15/h1-9H. The van der Waals surface area contributed by atoms with Crippen LogP contribution < -0.4 is 0 Å². The number of alkyl halides is 3. The van der Waals surface area contributed by atoms with Crippen molar-refractivity contribution in [3.05, 3.63) is 65.0 Å². The van der Waals surface area contributed by atoms with Gasteiger partial charge < -0.3 is 4.42 Å². The fourth-order valence-corrected chi connectivity index (χ4v) is 3.07. The molecule has 1 aromatic carbocycles. The maximum absolute atomic E-state index is 12.6. The van der Waals surface area contributed by atoms with Crippen LogP contribution in [0, 0.1) is 0 Å². The average molecular weight is 384 g/mol. The number of rotatable bonds is 4. The number of hydrogen-bond donors (Lipinski definition) is 0. The lowest BCUT2D eigenvalue weighted by atomic mass is 10.2. The minimum absolute atomic E-state index is 0.0643. The van der Waals surface area contributed by atoms with Crippen molar-refractivity contribution >= 4 is 29.6 Å².